The quantitative estimate of drug-likeness (QED) is 0.648. The van der Waals surface area contributed by atoms with E-state index in [9.17, 15) is 0 Å². The van der Waals surface area contributed by atoms with E-state index in [1.165, 1.54) is 16.7 Å². The lowest BCUT2D eigenvalue weighted by Gasteiger charge is -2.13. The maximum atomic E-state index is 6.11. The molecule has 3 aromatic carbocycles. The fourth-order valence-corrected chi connectivity index (χ4v) is 3.31. The maximum Gasteiger partial charge on any atom is 0.130 e. The van der Waals surface area contributed by atoms with E-state index in [2.05, 4.69) is 55.5 Å². The Bertz CT molecular complexity index is 851. The molecule has 0 aliphatic carbocycles. The van der Waals surface area contributed by atoms with Gasteiger partial charge in [-0.15, -0.1) is 0 Å². The molecule has 1 aliphatic rings. The Hall–Kier alpha value is -2.74. The lowest BCUT2D eigenvalue weighted by Crippen LogP contribution is -2.05. The molecular formula is C22H20O2. The molecule has 1 heterocycles. The summed E-state index contributed by atoms with van der Waals surface area (Å²) in [5.41, 5.74) is 6.06. The molecule has 4 rings (SSSR count). The first-order valence-corrected chi connectivity index (χ1v) is 8.28. The largest absolute Gasteiger partial charge is 0.497 e. The number of fused-ring (bicyclic) bond motifs is 1. The molecule has 120 valence electrons. The highest BCUT2D eigenvalue weighted by Crippen LogP contribution is 2.42. The van der Waals surface area contributed by atoms with Gasteiger partial charge in [-0.25, -0.2) is 0 Å². The van der Waals surface area contributed by atoms with E-state index in [1.54, 1.807) is 7.11 Å². The van der Waals surface area contributed by atoms with Crippen molar-refractivity contribution in [3.63, 3.8) is 0 Å². The number of hydrogen-bond acceptors (Lipinski definition) is 2. The predicted octanol–water partition coefficient (Wildman–Crippen LogP) is 5.35. The van der Waals surface area contributed by atoms with Crippen LogP contribution in [0.5, 0.6) is 11.5 Å². The summed E-state index contributed by atoms with van der Waals surface area (Å²) in [5, 5.41) is 0. The molecule has 0 spiro atoms. The summed E-state index contributed by atoms with van der Waals surface area (Å²) in [7, 11) is 1.69. The second kappa shape index (κ2) is 6.04. The summed E-state index contributed by atoms with van der Waals surface area (Å²) in [6.45, 7) is 2.12. The molecule has 0 N–H and O–H groups in total. The van der Waals surface area contributed by atoms with E-state index >= 15 is 0 Å². The van der Waals surface area contributed by atoms with Crippen LogP contribution >= 0.6 is 0 Å². The Morgan fingerprint density at radius 3 is 2.33 bits per heavy atom. The van der Waals surface area contributed by atoms with Gasteiger partial charge in [0.15, 0.2) is 0 Å². The highest BCUT2D eigenvalue weighted by molar-refractivity contribution is 5.80. The van der Waals surface area contributed by atoms with Crippen LogP contribution in [0.2, 0.25) is 0 Å². The molecule has 0 fully saturated rings. The minimum atomic E-state index is 0.225. The van der Waals surface area contributed by atoms with Gasteiger partial charge in [0.05, 0.1) is 7.11 Å². The Balaban J connectivity index is 1.87. The van der Waals surface area contributed by atoms with E-state index in [4.69, 9.17) is 9.47 Å². The third kappa shape index (κ3) is 2.65. The minimum absolute atomic E-state index is 0.225. The van der Waals surface area contributed by atoms with Crippen LogP contribution in [0.25, 0.3) is 22.3 Å². The van der Waals surface area contributed by atoms with Gasteiger partial charge in [-0.1, -0.05) is 42.5 Å². The van der Waals surface area contributed by atoms with E-state index in [1.807, 2.05) is 18.2 Å². The van der Waals surface area contributed by atoms with Gasteiger partial charge >= 0.3 is 0 Å². The van der Waals surface area contributed by atoms with Gasteiger partial charge < -0.3 is 9.47 Å². The average Bonchev–Trinajstić information content (AvgIpc) is 3.02. The zero-order valence-corrected chi connectivity index (χ0v) is 14.0. The van der Waals surface area contributed by atoms with Gasteiger partial charge in [0.25, 0.3) is 0 Å². The Morgan fingerprint density at radius 2 is 1.62 bits per heavy atom. The highest BCUT2D eigenvalue weighted by Gasteiger charge is 2.24. The van der Waals surface area contributed by atoms with Gasteiger partial charge in [-0.05, 0) is 53.4 Å². The number of methoxy groups -OCH3 is 1. The van der Waals surface area contributed by atoms with Crippen LogP contribution in [0, 0.1) is 0 Å². The summed E-state index contributed by atoms with van der Waals surface area (Å²) in [6.07, 6.45) is 1.18. The SMILES string of the molecule is COc1ccc(-c2cc(-c3ccccc3)cc3c2OC(C)C3)cc1. The first-order valence-electron chi connectivity index (χ1n) is 8.28. The van der Waals surface area contributed by atoms with Crippen LogP contribution in [0.4, 0.5) is 0 Å². The van der Waals surface area contributed by atoms with Crippen molar-refractivity contribution in [3.8, 4) is 33.8 Å². The predicted molar refractivity (Wildman–Crippen MR) is 97.7 cm³/mol. The summed E-state index contributed by atoms with van der Waals surface area (Å²) in [4.78, 5) is 0. The maximum absolute atomic E-state index is 6.11. The summed E-state index contributed by atoms with van der Waals surface area (Å²) in [6, 6.07) is 23.2. The molecule has 0 saturated carbocycles. The molecule has 0 amide bonds. The van der Waals surface area contributed by atoms with Crippen molar-refractivity contribution in [2.75, 3.05) is 7.11 Å². The van der Waals surface area contributed by atoms with Crippen molar-refractivity contribution in [2.45, 2.75) is 19.4 Å². The first kappa shape index (κ1) is 14.8. The minimum Gasteiger partial charge on any atom is -0.497 e. The Labute approximate surface area is 142 Å². The molecule has 2 nitrogen and oxygen atoms in total. The van der Waals surface area contributed by atoms with Gasteiger partial charge in [-0.2, -0.15) is 0 Å². The number of rotatable bonds is 3. The molecule has 3 aromatic rings. The van der Waals surface area contributed by atoms with Gasteiger partial charge in [0.1, 0.15) is 17.6 Å². The normalized spacial score (nSPS) is 15.7. The van der Waals surface area contributed by atoms with Gasteiger partial charge in [-0.3, -0.25) is 0 Å². The lowest BCUT2D eigenvalue weighted by atomic mass is 9.94. The smallest absolute Gasteiger partial charge is 0.130 e. The monoisotopic (exact) mass is 316 g/mol. The van der Waals surface area contributed by atoms with E-state index < -0.39 is 0 Å². The summed E-state index contributed by atoms with van der Waals surface area (Å²) in [5.74, 6) is 1.89. The molecule has 0 aromatic heterocycles. The van der Waals surface area contributed by atoms with Crippen molar-refractivity contribution in [1.82, 2.24) is 0 Å². The number of benzene rings is 3. The third-order valence-corrected chi connectivity index (χ3v) is 4.50. The second-order valence-corrected chi connectivity index (χ2v) is 6.24. The molecule has 24 heavy (non-hydrogen) atoms. The molecule has 1 aliphatic heterocycles. The Kier molecular flexibility index (Phi) is 3.73. The molecule has 1 unspecified atom stereocenters. The molecule has 0 bridgehead atoms. The fraction of sp³-hybridized carbons (Fsp3) is 0.182. The summed E-state index contributed by atoms with van der Waals surface area (Å²) >= 11 is 0. The van der Waals surface area contributed by atoms with Crippen molar-refractivity contribution >= 4 is 0 Å². The zero-order valence-electron chi connectivity index (χ0n) is 14.0. The Morgan fingerprint density at radius 1 is 0.875 bits per heavy atom. The summed E-state index contributed by atoms with van der Waals surface area (Å²) < 4.78 is 11.4. The standard InChI is InChI=1S/C22H20O2/c1-15-12-19-13-18(16-6-4-3-5-7-16)14-21(22(19)24-15)17-8-10-20(23-2)11-9-17/h3-11,13-15H,12H2,1-2H3. The van der Waals surface area contributed by atoms with Crippen LogP contribution < -0.4 is 9.47 Å². The van der Waals surface area contributed by atoms with E-state index in [0.717, 1.165) is 29.0 Å². The average molecular weight is 316 g/mol. The second-order valence-electron chi connectivity index (χ2n) is 6.24. The first-order chi connectivity index (χ1) is 11.7. The van der Waals surface area contributed by atoms with Crippen LogP contribution in [0.1, 0.15) is 12.5 Å². The van der Waals surface area contributed by atoms with Gasteiger partial charge in [0, 0.05) is 12.0 Å². The molecule has 0 saturated heterocycles. The fourth-order valence-electron chi connectivity index (χ4n) is 3.31. The molecular weight excluding hydrogens is 296 g/mol. The number of hydrogen-bond donors (Lipinski definition) is 0. The molecule has 2 heteroatoms. The zero-order chi connectivity index (χ0) is 16.5. The van der Waals surface area contributed by atoms with E-state index in [-0.39, 0.29) is 6.10 Å². The van der Waals surface area contributed by atoms with Crippen molar-refractivity contribution < 1.29 is 9.47 Å². The lowest BCUT2D eigenvalue weighted by molar-refractivity contribution is 0.255. The number of ether oxygens (including phenoxy) is 2. The topological polar surface area (TPSA) is 18.5 Å². The van der Waals surface area contributed by atoms with Crippen molar-refractivity contribution in [3.05, 3.63) is 72.3 Å². The van der Waals surface area contributed by atoms with Crippen LogP contribution in [-0.4, -0.2) is 13.2 Å². The van der Waals surface area contributed by atoms with Gasteiger partial charge in [0.2, 0.25) is 0 Å². The molecule has 1 atom stereocenters. The third-order valence-electron chi connectivity index (χ3n) is 4.50. The van der Waals surface area contributed by atoms with E-state index in [0.29, 0.717) is 0 Å². The van der Waals surface area contributed by atoms with Crippen molar-refractivity contribution in [1.29, 1.82) is 0 Å². The molecule has 0 radical (unpaired) electrons. The highest BCUT2D eigenvalue weighted by atomic mass is 16.5. The van der Waals surface area contributed by atoms with Crippen LogP contribution in [0.15, 0.2) is 66.7 Å². The van der Waals surface area contributed by atoms with Crippen LogP contribution in [0.3, 0.4) is 0 Å². The van der Waals surface area contributed by atoms with Crippen molar-refractivity contribution in [2.24, 2.45) is 0 Å². The van der Waals surface area contributed by atoms with Crippen LogP contribution in [-0.2, 0) is 6.42 Å².